The summed E-state index contributed by atoms with van der Waals surface area (Å²) in [7, 11) is 1.50. The van der Waals surface area contributed by atoms with E-state index in [2.05, 4.69) is 5.32 Å². The molecule has 0 fully saturated rings. The molecule has 2 aromatic rings. The summed E-state index contributed by atoms with van der Waals surface area (Å²) in [6, 6.07) is 9.69. The molecule has 0 aliphatic carbocycles. The molecule has 0 bridgehead atoms. The number of methoxy groups -OCH3 is 1. The first-order valence-electron chi connectivity index (χ1n) is 6.20. The number of phenols is 1. The number of primary amides is 1. The van der Waals surface area contributed by atoms with E-state index in [1.807, 2.05) is 0 Å². The van der Waals surface area contributed by atoms with Crippen molar-refractivity contribution in [2.75, 3.05) is 12.4 Å². The Balaban J connectivity index is 2.35. The molecule has 1 atom stereocenters. The van der Waals surface area contributed by atoms with Gasteiger partial charge >= 0.3 is 0 Å². The molecule has 0 aliphatic heterocycles. The van der Waals surface area contributed by atoms with Crippen LogP contribution in [-0.4, -0.2) is 18.1 Å². The van der Waals surface area contributed by atoms with Crippen molar-refractivity contribution in [3.8, 4) is 11.5 Å². The van der Waals surface area contributed by atoms with Gasteiger partial charge in [0.1, 0.15) is 11.8 Å². The highest BCUT2D eigenvalue weighted by molar-refractivity contribution is 5.85. The number of para-hydroxylation sites is 2. The third-order valence-electron chi connectivity index (χ3n) is 3.00. The van der Waals surface area contributed by atoms with Gasteiger partial charge in [0.25, 0.3) is 0 Å². The van der Waals surface area contributed by atoms with Crippen LogP contribution in [0.3, 0.4) is 0 Å². The number of carbonyl (C=O) groups excluding carboxylic acids is 1. The lowest BCUT2D eigenvalue weighted by molar-refractivity contribution is -0.118. The number of aromatic hydroxyl groups is 1. The number of carbonyl (C=O) groups is 1. The molecule has 6 heteroatoms. The number of hydrogen-bond acceptors (Lipinski definition) is 4. The molecule has 0 radical (unpaired) electrons. The van der Waals surface area contributed by atoms with Crippen molar-refractivity contribution in [3.63, 3.8) is 0 Å². The summed E-state index contributed by atoms with van der Waals surface area (Å²) in [5.74, 6) is -1.45. The first-order valence-corrected chi connectivity index (χ1v) is 6.20. The Morgan fingerprint density at radius 3 is 2.67 bits per heavy atom. The van der Waals surface area contributed by atoms with E-state index in [1.165, 1.54) is 19.2 Å². The number of amides is 1. The van der Waals surface area contributed by atoms with Crippen molar-refractivity contribution >= 4 is 11.6 Å². The number of hydrogen-bond donors (Lipinski definition) is 3. The minimum Gasteiger partial charge on any atom is -0.505 e. The van der Waals surface area contributed by atoms with E-state index in [9.17, 15) is 14.3 Å². The number of halogens is 1. The quantitative estimate of drug-likeness (QED) is 0.788. The number of ether oxygens (including phenoxy) is 1. The van der Waals surface area contributed by atoms with E-state index in [-0.39, 0.29) is 0 Å². The Hall–Kier alpha value is -2.76. The minimum absolute atomic E-state index is 0.309. The molecule has 2 aromatic carbocycles. The number of phenolic OH excluding ortho intramolecular Hbond substituents is 1. The maximum absolute atomic E-state index is 13.4. The van der Waals surface area contributed by atoms with Crippen LogP contribution < -0.4 is 15.8 Å². The van der Waals surface area contributed by atoms with Crippen molar-refractivity contribution in [1.82, 2.24) is 0 Å². The summed E-state index contributed by atoms with van der Waals surface area (Å²) in [4.78, 5) is 11.6. The Kier molecular flexibility index (Phi) is 4.27. The predicted octanol–water partition coefficient (Wildman–Crippen LogP) is 2.18. The van der Waals surface area contributed by atoms with Gasteiger partial charge in [0.15, 0.2) is 11.6 Å². The minimum atomic E-state index is -0.948. The molecule has 2 rings (SSSR count). The van der Waals surface area contributed by atoms with Crippen LogP contribution in [0.5, 0.6) is 11.5 Å². The highest BCUT2D eigenvalue weighted by atomic mass is 19.1. The lowest BCUT2D eigenvalue weighted by atomic mass is 10.1. The van der Waals surface area contributed by atoms with Crippen LogP contribution in [-0.2, 0) is 4.79 Å². The summed E-state index contributed by atoms with van der Waals surface area (Å²) in [5, 5.41) is 12.1. The zero-order valence-corrected chi connectivity index (χ0v) is 11.3. The van der Waals surface area contributed by atoms with Gasteiger partial charge in [-0.1, -0.05) is 18.2 Å². The molecule has 21 heavy (non-hydrogen) atoms. The van der Waals surface area contributed by atoms with Crippen LogP contribution in [0.15, 0.2) is 42.5 Å². The van der Waals surface area contributed by atoms with E-state index >= 15 is 0 Å². The average Bonchev–Trinajstić information content (AvgIpc) is 2.48. The van der Waals surface area contributed by atoms with Gasteiger partial charge in [-0.3, -0.25) is 4.79 Å². The zero-order chi connectivity index (χ0) is 15.4. The third kappa shape index (κ3) is 3.22. The summed E-state index contributed by atoms with van der Waals surface area (Å²) in [5.41, 5.74) is 6.23. The number of rotatable bonds is 5. The van der Waals surface area contributed by atoms with Crippen molar-refractivity contribution in [2.45, 2.75) is 6.04 Å². The smallest absolute Gasteiger partial charge is 0.244 e. The van der Waals surface area contributed by atoms with Crippen LogP contribution in [0.2, 0.25) is 0 Å². The molecule has 0 aromatic heterocycles. The van der Waals surface area contributed by atoms with Crippen molar-refractivity contribution < 1.29 is 19.0 Å². The fourth-order valence-electron chi connectivity index (χ4n) is 1.94. The van der Waals surface area contributed by atoms with Gasteiger partial charge in [0.05, 0.1) is 12.8 Å². The van der Waals surface area contributed by atoms with Gasteiger partial charge in [0.2, 0.25) is 5.91 Å². The van der Waals surface area contributed by atoms with E-state index < -0.39 is 23.5 Å². The summed E-state index contributed by atoms with van der Waals surface area (Å²) in [6.07, 6.45) is 0. The summed E-state index contributed by atoms with van der Waals surface area (Å²) >= 11 is 0. The largest absolute Gasteiger partial charge is 0.505 e. The Bertz CT molecular complexity index is 661. The molecule has 4 N–H and O–H groups in total. The summed E-state index contributed by atoms with van der Waals surface area (Å²) in [6.45, 7) is 0. The molecule has 0 spiro atoms. The standard InChI is InChI=1S/C15H15FN2O3/c1-21-13-5-3-2-4-11(13)18-14(15(17)20)9-6-7-12(19)10(16)8-9/h2-8,14,18-19H,1H3,(H2,17,20). The molecular weight excluding hydrogens is 275 g/mol. The lowest BCUT2D eigenvalue weighted by Crippen LogP contribution is -2.28. The number of anilines is 1. The Morgan fingerprint density at radius 1 is 1.33 bits per heavy atom. The second kappa shape index (κ2) is 6.13. The SMILES string of the molecule is COc1ccccc1NC(C(N)=O)c1ccc(O)c(F)c1. The van der Waals surface area contributed by atoms with E-state index in [0.717, 1.165) is 6.07 Å². The fraction of sp³-hybridized carbons (Fsp3) is 0.133. The van der Waals surface area contributed by atoms with Crippen molar-refractivity contribution in [1.29, 1.82) is 0 Å². The predicted molar refractivity (Wildman–Crippen MR) is 76.6 cm³/mol. The maximum Gasteiger partial charge on any atom is 0.244 e. The lowest BCUT2D eigenvalue weighted by Gasteiger charge is -2.19. The average molecular weight is 290 g/mol. The molecule has 1 unspecified atom stereocenters. The van der Waals surface area contributed by atoms with Crippen LogP contribution in [0.1, 0.15) is 11.6 Å². The highest BCUT2D eigenvalue weighted by Crippen LogP contribution is 2.29. The van der Waals surface area contributed by atoms with Gasteiger partial charge in [-0.2, -0.15) is 0 Å². The van der Waals surface area contributed by atoms with Crippen molar-refractivity contribution in [2.24, 2.45) is 5.73 Å². The van der Waals surface area contributed by atoms with Crippen LogP contribution in [0, 0.1) is 5.82 Å². The molecule has 1 amide bonds. The third-order valence-corrected chi connectivity index (χ3v) is 3.00. The topological polar surface area (TPSA) is 84.6 Å². The van der Waals surface area contributed by atoms with Gasteiger partial charge in [-0.05, 0) is 29.8 Å². The molecule has 0 saturated carbocycles. The normalized spacial score (nSPS) is 11.7. The molecule has 0 heterocycles. The zero-order valence-electron chi connectivity index (χ0n) is 11.3. The first kappa shape index (κ1) is 14.6. The van der Waals surface area contributed by atoms with Crippen LogP contribution in [0.4, 0.5) is 10.1 Å². The molecule has 0 aliphatic rings. The fourth-order valence-corrected chi connectivity index (χ4v) is 1.94. The highest BCUT2D eigenvalue weighted by Gasteiger charge is 2.20. The van der Waals surface area contributed by atoms with Crippen molar-refractivity contribution in [3.05, 3.63) is 53.8 Å². The van der Waals surface area contributed by atoms with E-state index in [1.54, 1.807) is 24.3 Å². The van der Waals surface area contributed by atoms with E-state index in [4.69, 9.17) is 10.5 Å². The van der Waals surface area contributed by atoms with Gasteiger partial charge in [-0.25, -0.2) is 4.39 Å². The number of benzene rings is 2. The Labute approximate surface area is 121 Å². The molecular formula is C15H15FN2O3. The second-order valence-corrected chi connectivity index (χ2v) is 4.39. The van der Waals surface area contributed by atoms with E-state index in [0.29, 0.717) is 17.0 Å². The van der Waals surface area contributed by atoms with Crippen LogP contribution in [0.25, 0.3) is 0 Å². The van der Waals surface area contributed by atoms with Gasteiger partial charge < -0.3 is 20.9 Å². The van der Waals surface area contributed by atoms with Gasteiger partial charge in [-0.15, -0.1) is 0 Å². The Morgan fingerprint density at radius 2 is 2.05 bits per heavy atom. The maximum atomic E-state index is 13.4. The van der Waals surface area contributed by atoms with Gasteiger partial charge in [0, 0.05) is 0 Å². The first-order chi connectivity index (χ1) is 10.0. The van der Waals surface area contributed by atoms with Crippen LogP contribution >= 0.6 is 0 Å². The number of nitrogens with one attached hydrogen (secondary N) is 1. The second-order valence-electron chi connectivity index (χ2n) is 4.39. The molecule has 5 nitrogen and oxygen atoms in total. The summed E-state index contributed by atoms with van der Waals surface area (Å²) < 4.78 is 18.6. The molecule has 0 saturated heterocycles. The number of nitrogens with two attached hydrogens (primary N) is 1. The molecule has 110 valence electrons. The monoisotopic (exact) mass is 290 g/mol.